The Morgan fingerprint density at radius 1 is 1.28 bits per heavy atom. The lowest BCUT2D eigenvalue weighted by atomic mass is 10.0. The van der Waals surface area contributed by atoms with Gasteiger partial charge in [-0.1, -0.05) is 31.4 Å². The minimum absolute atomic E-state index is 0.638. The molecule has 1 saturated carbocycles. The first-order valence-corrected chi connectivity index (χ1v) is 7.41. The predicted molar refractivity (Wildman–Crippen MR) is 74.1 cm³/mol. The fourth-order valence-electron chi connectivity index (χ4n) is 3.53. The topological polar surface area (TPSA) is 29.0 Å². The van der Waals surface area contributed by atoms with E-state index in [2.05, 4.69) is 21.8 Å². The van der Waals surface area contributed by atoms with Crippen molar-refractivity contribution in [3.63, 3.8) is 0 Å². The Morgan fingerprint density at radius 3 is 2.67 bits per heavy atom. The zero-order valence-corrected chi connectivity index (χ0v) is 11.7. The first-order valence-electron chi connectivity index (χ1n) is 7.04. The van der Waals surface area contributed by atoms with Gasteiger partial charge in [0.2, 0.25) is 0 Å². The van der Waals surface area contributed by atoms with Crippen LogP contribution in [0.5, 0.6) is 0 Å². The number of anilines is 1. The van der Waals surface area contributed by atoms with Crippen LogP contribution in [0.2, 0.25) is 5.15 Å². The first kappa shape index (κ1) is 12.2. The van der Waals surface area contributed by atoms with Crippen molar-refractivity contribution in [1.82, 2.24) is 9.97 Å². The van der Waals surface area contributed by atoms with E-state index >= 15 is 0 Å². The molecule has 1 aromatic rings. The van der Waals surface area contributed by atoms with Gasteiger partial charge in [0, 0.05) is 18.7 Å². The summed E-state index contributed by atoms with van der Waals surface area (Å²) < 4.78 is 0. The van der Waals surface area contributed by atoms with Gasteiger partial charge in [-0.25, -0.2) is 9.97 Å². The molecule has 3 rings (SSSR count). The number of halogens is 1. The molecule has 4 heteroatoms. The molecule has 2 heterocycles. The van der Waals surface area contributed by atoms with Crippen molar-refractivity contribution in [2.45, 2.75) is 39.0 Å². The second-order valence-corrected chi connectivity index (χ2v) is 5.93. The van der Waals surface area contributed by atoms with Crippen molar-refractivity contribution in [2.24, 2.45) is 11.8 Å². The lowest BCUT2D eigenvalue weighted by molar-refractivity contribution is 0.494. The molecular weight excluding hydrogens is 246 g/mol. The minimum Gasteiger partial charge on any atom is -0.356 e. The zero-order valence-electron chi connectivity index (χ0n) is 10.9. The van der Waals surface area contributed by atoms with Crippen molar-refractivity contribution < 1.29 is 0 Å². The monoisotopic (exact) mass is 265 g/mol. The highest BCUT2D eigenvalue weighted by atomic mass is 35.5. The molecule has 18 heavy (non-hydrogen) atoms. The van der Waals surface area contributed by atoms with Crippen LogP contribution in [0.3, 0.4) is 0 Å². The zero-order chi connectivity index (χ0) is 12.5. The van der Waals surface area contributed by atoms with E-state index in [1.165, 1.54) is 19.3 Å². The van der Waals surface area contributed by atoms with Gasteiger partial charge in [0.05, 0.1) is 0 Å². The maximum Gasteiger partial charge on any atom is 0.137 e. The Labute approximate surface area is 114 Å². The van der Waals surface area contributed by atoms with Gasteiger partial charge >= 0.3 is 0 Å². The standard InChI is InChI=1S/C14H20ClN3/c1-2-4-12-13(15)16-9-17-14(12)18-7-10-5-3-6-11(10)8-18/h9-11H,2-8H2,1H3. The number of aromatic nitrogens is 2. The lowest BCUT2D eigenvalue weighted by Crippen LogP contribution is -2.23. The van der Waals surface area contributed by atoms with Crippen molar-refractivity contribution in [3.8, 4) is 0 Å². The largest absolute Gasteiger partial charge is 0.356 e. The van der Waals surface area contributed by atoms with Crippen LogP contribution in [0, 0.1) is 11.8 Å². The summed E-state index contributed by atoms with van der Waals surface area (Å²) in [5, 5.41) is 0.638. The summed E-state index contributed by atoms with van der Waals surface area (Å²) in [6.45, 7) is 4.50. The third kappa shape index (κ3) is 2.09. The van der Waals surface area contributed by atoms with Gasteiger partial charge in [-0.2, -0.15) is 0 Å². The number of nitrogens with zero attached hydrogens (tertiary/aromatic N) is 3. The van der Waals surface area contributed by atoms with Crippen LogP contribution in [-0.2, 0) is 6.42 Å². The van der Waals surface area contributed by atoms with Crippen molar-refractivity contribution >= 4 is 17.4 Å². The molecule has 2 unspecified atom stereocenters. The van der Waals surface area contributed by atoms with Gasteiger partial charge in [0.15, 0.2) is 0 Å². The quantitative estimate of drug-likeness (QED) is 0.785. The molecule has 1 saturated heterocycles. The fraction of sp³-hybridized carbons (Fsp3) is 0.714. The van der Waals surface area contributed by atoms with Gasteiger partial charge in [0.1, 0.15) is 17.3 Å². The molecule has 0 N–H and O–H groups in total. The summed E-state index contributed by atoms with van der Waals surface area (Å²) in [7, 11) is 0. The maximum absolute atomic E-state index is 6.23. The Balaban J connectivity index is 1.86. The molecule has 98 valence electrons. The third-order valence-electron chi connectivity index (χ3n) is 4.40. The molecule has 2 fully saturated rings. The molecule has 1 aromatic heterocycles. The van der Waals surface area contributed by atoms with Crippen LogP contribution >= 0.6 is 11.6 Å². The molecular formula is C14H20ClN3. The van der Waals surface area contributed by atoms with E-state index in [-0.39, 0.29) is 0 Å². The highest BCUT2D eigenvalue weighted by molar-refractivity contribution is 6.30. The molecule has 2 aliphatic rings. The molecule has 0 spiro atoms. The van der Waals surface area contributed by atoms with E-state index < -0.39 is 0 Å². The van der Waals surface area contributed by atoms with Crippen LogP contribution in [0.4, 0.5) is 5.82 Å². The maximum atomic E-state index is 6.23. The lowest BCUT2D eigenvalue weighted by Gasteiger charge is -2.21. The number of rotatable bonds is 3. The Kier molecular flexibility index (Phi) is 3.42. The highest BCUT2D eigenvalue weighted by Gasteiger charge is 2.37. The Bertz CT molecular complexity index is 423. The highest BCUT2D eigenvalue weighted by Crippen LogP contribution is 2.40. The van der Waals surface area contributed by atoms with E-state index in [9.17, 15) is 0 Å². The third-order valence-corrected chi connectivity index (χ3v) is 4.72. The summed E-state index contributed by atoms with van der Waals surface area (Å²) in [6.07, 6.45) is 7.86. The summed E-state index contributed by atoms with van der Waals surface area (Å²) in [5.41, 5.74) is 1.14. The van der Waals surface area contributed by atoms with Crippen LogP contribution in [0.15, 0.2) is 6.33 Å². The molecule has 1 aliphatic heterocycles. The van der Waals surface area contributed by atoms with E-state index in [1.807, 2.05) is 0 Å². The van der Waals surface area contributed by atoms with E-state index in [0.717, 1.165) is 49.1 Å². The summed E-state index contributed by atoms with van der Waals surface area (Å²) in [5.74, 6) is 2.85. The Morgan fingerprint density at radius 2 is 2.00 bits per heavy atom. The molecule has 3 nitrogen and oxygen atoms in total. The molecule has 0 radical (unpaired) electrons. The smallest absolute Gasteiger partial charge is 0.137 e. The molecule has 0 aromatic carbocycles. The Hall–Kier alpha value is -0.830. The average molecular weight is 266 g/mol. The van der Waals surface area contributed by atoms with Gasteiger partial charge in [-0.15, -0.1) is 0 Å². The van der Waals surface area contributed by atoms with Crippen LogP contribution in [0.1, 0.15) is 38.2 Å². The van der Waals surface area contributed by atoms with Crippen LogP contribution < -0.4 is 4.90 Å². The van der Waals surface area contributed by atoms with E-state index in [0.29, 0.717) is 5.15 Å². The van der Waals surface area contributed by atoms with E-state index in [4.69, 9.17) is 11.6 Å². The SMILES string of the molecule is CCCc1c(Cl)ncnc1N1CC2CCCC2C1. The first-order chi connectivity index (χ1) is 8.79. The van der Waals surface area contributed by atoms with Crippen LogP contribution in [0.25, 0.3) is 0 Å². The van der Waals surface area contributed by atoms with E-state index in [1.54, 1.807) is 6.33 Å². The van der Waals surface area contributed by atoms with Crippen molar-refractivity contribution in [2.75, 3.05) is 18.0 Å². The molecule has 1 aliphatic carbocycles. The number of hydrogen-bond acceptors (Lipinski definition) is 3. The fourth-order valence-corrected chi connectivity index (χ4v) is 3.75. The van der Waals surface area contributed by atoms with Gasteiger partial charge in [0.25, 0.3) is 0 Å². The normalized spacial score (nSPS) is 26.7. The number of hydrogen-bond donors (Lipinski definition) is 0. The summed E-state index contributed by atoms with van der Waals surface area (Å²) in [4.78, 5) is 11.1. The predicted octanol–water partition coefficient (Wildman–Crippen LogP) is 3.32. The molecule has 0 bridgehead atoms. The van der Waals surface area contributed by atoms with Crippen molar-refractivity contribution in [3.05, 3.63) is 17.0 Å². The van der Waals surface area contributed by atoms with Crippen molar-refractivity contribution in [1.29, 1.82) is 0 Å². The van der Waals surface area contributed by atoms with Gasteiger partial charge in [-0.3, -0.25) is 0 Å². The van der Waals surface area contributed by atoms with Gasteiger partial charge in [-0.05, 0) is 31.1 Å². The summed E-state index contributed by atoms with van der Waals surface area (Å²) in [6, 6.07) is 0. The average Bonchev–Trinajstić information content (AvgIpc) is 2.92. The minimum atomic E-state index is 0.638. The summed E-state index contributed by atoms with van der Waals surface area (Å²) >= 11 is 6.23. The number of fused-ring (bicyclic) bond motifs is 1. The van der Waals surface area contributed by atoms with Crippen LogP contribution in [-0.4, -0.2) is 23.1 Å². The second kappa shape index (κ2) is 5.04. The van der Waals surface area contributed by atoms with Gasteiger partial charge < -0.3 is 4.90 Å². The molecule has 0 amide bonds. The molecule has 2 atom stereocenters. The second-order valence-electron chi connectivity index (χ2n) is 5.57.